The van der Waals surface area contributed by atoms with Gasteiger partial charge in [0.2, 0.25) is 11.8 Å². The van der Waals surface area contributed by atoms with Crippen molar-refractivity contribution in [2.45, 2.75) is 76.6 Å². The Bertz CT molecular complexity index is 1220. The predicted octanol–water partition coefficient (Wildman–Crippen LogP) is 1.99. The second kappa shape index (κ2) is 13.4. The molecule has 1 aliphatic heterocycles. The maximum absolute atomic E-state index is 13.6. The van der Waals surface area contributed by atoms with Crippen LogP contribution < -0.4 is 16.0 Å². The molecule has 1 aliphatic carbocycles. The standard InChI is InChI=1S/C30H40N4O7/c1-18(2)12-22(26(35)30(3)17-40-30)31-27(36)23(14-19-8-6-5-7-9-19)32-29(38)25(16-39-4)33-28(37)24-15-21(41-34-24)13-20-10-11-20/h5-9,15,18,20,22-23,25H,10-14,16-17H2,1-4H3,(H,31,36)(H,32,38)(H,33,37)/t22-,23-,25-,30+/m0/s1. The third kappa shape index (κ3) is 8.71. The number of carbonyl (C=O) groups excluding carboxylic acids is 4. The predicted molar refractivity (Wildman–Crippen MR) is 149 cm³/mol. The molecule has 3 N–H and O–H groups in total. The fourth-order valence-corrected chi connectivity index (χ4v) is 4.63. The van der Waals surface area contributed by atoms with E-state index < -0.39 is 41.4 Å². The van der Waals surface area contributed by atoms with Gasteiger partial charge in [0, 0.05) is 26.0 Å². The van der Waals surface area contributed by atoms with E-state index in [1.54, 1.807) is 13.0 Å². The lowest BCUT2D eigenvalue weighted by Crippen LogP contribution is -2.58. The Kier molecular flexibility index (Phi) is 9.93. The highest BCUT2D eigenvalue weighted by Gasteiger charge is 2.50. The molecule has 4 atom stereocenters. The smallest absolute Gasteiger partial charge is 0.274 e. The van der Waals surface area contributed by atoms with Crippen LogP contribution in [0, 0.1) is 11.8 Å². The summed E-state index contributed by atoms with van der Waals surface area (Å²) in [4.78, 5) is 53.0. The molecule has 1 saturated heterocycles. The number of aromatic nitrogens is 1. The summed E-state index contributed by atoms with van der Waals surface area (Å²) in [7, 11) is 1.41. The minimum absolute atomic E-state index is 0.0685. The van der Waals surface area contributed by atoms with Crippen molar-refractivity contribution in [3.63, 3.8) is 0 Å². The Morgan fingerprint density at radius 1 is 1.02 bits per heavy atom. The van der Waals surface area contributed by atoms with Crippen molar-refractivity contribution in [3.05, 3.63) is 53.4 Å². The zero-order valence-electron chi connectivity index (χ0n) is 24.1. The van der Waals surface area contributed by atoms with Gasteiger partial charge in [0.1, 0.15) is 23.4 Å². The molecule has 3 amide bonds. The Morgan fingerprint density at radius 2 is 1.68 bits per heavy atom. The quantitative estimate of drug-likeness (QED) is 0.260. The molecule has 0 spiro atoms. The van der Waals surface area contributed by atoms with Crippen molar-refractivity contribution in [1.29, 1.82) is 0 Å². The van der Waals surface area contributed by atoms with Crippen LogP contribution in [0.1, 0.15) is 61.8 Å². The van der Waals surface area contributed by atoms with Crippen LogP contribution >= 0.6 is 0 Å². The van der Waals surface area contributed by atoms with Gasteiger partial charge >= 0.3 is 0 Å². The van der Waals surface area contributed by atoms with Gasteiger partial charge in [-0.15, -0.1) is 0 Å². The van der Waals surface area contributed by atoms with Gasteiger partial charge in [0.25, 0.3) is 5.91 Å². The van der Waals surface area contributed by atoms with Crippen molar-refractivity contribution in [2.75, 3.05) is 20.3 Å². The number of nitrogens with one attached hydrogen (secondary N) is 3. The Hall–Kier alpha value is -3.57. The third-order valence-corrected chi connectivity index (χ3v) is 7.29. The molecule has 222 valence electrons. The normalized spacial score (nSPS) is 20.1. The average Bonchev–Trinajstić information content (AvgIpc) is 3.85. The molecule has 2 aliphatic rings. The molecule has 1 saturated carbocycles. The summed E-state index contributed by atoms with van der Waals surface area (Å²) in [5.41, 5.74) is -0.0207. The van der Waals surface area contributed by atoms with E-state index in [1.807, 2.05) is 44.2 Å². The van der Waals surface area contributed by atoms with Crippen LogP contribution in [-0.4, -0.2) is 72.7 Å². The van der Waals surface area contributed by atoms with Crippen LogP contribution in [0.3, 0.4) is 0 Å². The zero-order chi connectivity index (χ0) is 29.6. The minimum Gasteiger partial charge on any atom is -0.382 e. The topological polar surface area (TPSA) is 152 Å². The SMILES string of the molecule is COC[C@H](NC(=O)c1cc(CC2CC2)on1)C(=O)N[C@@H](Cc1ccccc1)C(=O)N[C@@H](CC(C)C)C(=O)[C@@]1(C)CO1. The van der Waals surface area contributed by atoms with E-state index in [1.165, 1.54) is 7.11 Å². The third-order valence-electron chi connectivity index (χ3n) is 7.29. The maximum Gasteiger partial charge on any atom is 0.274 e. The number of benzene rings is 1. The number of epoxide rings is 1. The molecule has 2 aromatic rings. The molecular formula is C30H40N4O7. The Balaban J connectivity index is 1.46. The van der Waals surface area contributed by atoms with E-state index in [-0.39, 0.29) is 30.4 Å². The molecule has 2 fully saturated rings. The number of hydrogen-bond donors (Lipinski definition) is 3. The van der Waals surface area contributed by atoms with E-state index in [2.05, 4.69) is 21.1 Å². The van der Waals surface area contributed by atoms with E-state index in [0.717, 1.165) is 24.8 Å². The maximum atomic E-state index is 13.6. The molecule has 0 radical (unpaired) electrons. The first-order valence-corrected chi connectivity index (χ1v) is 14.2. The van der Waals surface area contributed by atoms with Gasteiger partial charge in [-0.1, -0.05) is 49.3 Å². The molecule has 4 rings (SSSR count). The van der Waals surface area contributed by atoms with Crippen LogP contribution in [0.4, 0.5) is 0 Å². The van der Waals surface area contributed by atoms with Crippen LogP contribution in [-0.2, 0) is 36.7 Å². The van der Waals surface area contributed by atoms with E-state index in [0.29, 0.717) is 24.7 Å². The first-order valence-electron chi connectivity index (χ1n) is 14.2. The summed E-state index contributed by atoms with van der Waals surface area (Å²) < 4.78 is 15.8. The fourth-order valence-electron chi connectivity index (χ4n) is 4.63. The van der Waals surface area contributed by atoms with Crippen molar-refractivity contribution >= 4 is 23.5 Å². The summed E-state index contributed by atoms with van der Waals surface area (Å²) in [5.74, 6) is -0.567. The van der Waals surface area contributed by atoms with Crippen LogP contribution in [0.25, 0.3) is 0 Å². The Labute approximate surface area is 240 Å². The molecule has 11 heteroatoms. The number of hydrogen-bond acceptors (Lipinski definition) is 8. The molecule has 41 heavy (non-hydrogen) atoms. The highest BCUT2D eigenvalue weighted by molar-refractivity contribution is 5.99. The highest BCUT2D eigenvalue weighted by atomic mass is 16.6. The molecule has 11 nitrogen and oxygen atoms in total. The van der Waals surface area contributed by atoms with Gasteiger partial charge in [-0.2, -0.15) is 0 Å². The number of ether oxygens (including phenoxy) is 2. The second-order valence-electron chi connectivity index (χ2n) is 11.6. The molecule has 1 aromatic carbocycles. The number of nitrogens with zero attached hydrogens (tertiary/aromatic N) is 1. The average molecular weight is 569 g/mol. The monoisotopic (exact) mass is 568 g/mol. The lowest BCUT2D eigenvalue weighted by Gasteiger charge is -2.26. The van der Waals surface area contributed by atoms with Crippen molar-refractivity contribution in [1.82, 2.24) is 21.1 Å². The first kappa shape index (κ1) is 30.4. The van der Waals surface area contributed by atoms with E-state index in [4.69, 9.17) is 14.0 Å². The van der Waals surface area contributed by atoms with Gasteiger partial charge in [-0.25, -0.2) is 0 Å². The van der Waals surface area contributed by atoms with Crippen LogP contribution in [0.15, 0.2) is 40.9 Å². The van der Waals surface area contributed by atoms with Crippen molar-refractivity contribution in [2.24, 2.45) is 11.8 Å². The molecule has 0 unspecified atom stereocenters. The van der Waals surface area contributed by atoms with Gasteiger partial charge in [-0.3, -0.25) is 19.2 Å². The molecular weight excluding hydrogens is 528 g/mol. The minimum atomic E-state index is -1.10. The highest BCUT2D eigenvalue weighted by Crippen LogP contribution is 2.32. The summed E-state index contributed by atoms with van der Waals surface area (Å²) in [6.45, 7) is 5.82. The molecule has 0 bridgehead atoms. The number of Topliss-reactive ketones (excluding diaryl/α,β-unsaturated/α-hetero) is 1. The Morgan fingerprint density at radius 3 is 2.29 bits per heavy atom. The number of ketones is 1. The molecule has 1 aromatic heterocycles. The van der Waals surface area contributed by atoms with Crippen molar-refractivity contribution in [3.8, 4) is 0 Å². The van der Waals surface area contributed by atoms with Crippen molar-refractivity contribution < 1.29 is 33.2 Å². The van der Waals surface area contributed by atoms with Gasteiger partial charge < -0.3 is 29.9 Å². The number of methoxy groups -OCH3 is 1. The van der Waals surface area contributed by atoms with Crippen LogP contribution in [0.2, 0.25) is 0 Å². The number of amides is 3. The van der Waals surface area contributed by atoms with Gasteiger partial charge in [0.05, 0.1) is 19.3 Å². The zero-order valence-corrected chi connectivity index (χ0v) is 24.1. The lowest BCUT2D eigenvalue weighted by atomic mass is 9.93. The van der Waals surface area contributed by atoms with E-state index in [9.17, 15) is 19.2 Å². The largest absolute Gasteiger partial charge is 0.382 e. The van der Waals surface area contributed by atoms with Crippen LogP contribution in [0.5, 0.6) is 0 Å². The fraction of sp³-hybridized carbons (Fsp3) is 0.567. The summed E-state index contributed by atoms with van der Waals surface area (Å²) >= 11 is 0. The summed E-state index contributed by atoms with van der Waals surface area (Å²) in [5, 5.41) is 12.1. The van der Waals surface area contributed by atoms with Gasteiger partial charge in [0.15, 0.2) is 11.5 Å². The summed E-state index contributed by atoms with van der Waals surface area (Å²) in [6.07, 6.45) is 3.60. The van der Waals surface area contributed by atoms with E-state index >= 15 is 0 Å². The molecule has 2 heterocycles. The van der Waals surface area contributed by atoms with Gasteiger partial charge in [-0.05, 0) is 43.6 Å². The second-order valence-corrected chi connectivity index (χ2v) is 11.6. The first-order chi connectivity index (χ1) is 19.6. The number of rotatable bonds is 16. The number of carbonyl (C=O) groups is 4. The lowest BCUT2D eigenvalue weighted by molar-refractivity contribution is -0.133. The summed E-state index contributed by atoms with van der Waals surface area (Å²) in [6, 6.07) is 7.92.